The van der Waals surface area contributed by atoms with Crippen LogP contribution in [0.25, 0.3) is 10.6 Å². The molecule has 0 unspecified atom stereocenters. The molecule has 0 spiro atoms. The van der Waals surface area contributed by atoms with Crippen LogP contribution in [0.1, 0.15) is 51.1 Å². The first-order valence-corrected chi connectivity index (χ1v) is 11.7. The van der Waals surface area contributed by atoms with Gasteiger partial charge in [-0.15, -0.1) is 11.3 Å². The minimum Gasteiger partial charge on any atom is -0.452 e. The van der Waals surface area contributed by atoms with E-state index in [0.717, 1.165) is 47.6 Å². The second-order valence-corrected chi connectivity index (χ2v) is 10.2. The second kappa shape index (κ2) is 7.76. The standard InChI is InChI=1S/C23H27N3O3S/c1-14(21(28)26-23-9-15-5-16(10-23)7-17(6-15)11-23)29-20(27)8-19-13-30-22(25-19)18-3-2-4-24-12-18/h2-4,12-17H,5-11H2,1H3,(H,26,28)/t14-,15?,16?,17?,23?/m0/s1. The third-order valence-electron chi connectivity index (χ3n) is 6.89. The van der Waals surface area contributed by atoms with Gasteiger partial charge in [0.25, 0.3) is 5.91 Å². The van der Waals surface area contributed by atoms with E-state index in [0.29, 0.717) is 5.69 Å². The van der Waals surface area contributed by atoms with Crippen LogP contribution in [0.5, 0.6) is 0 Å². The van der Waals surface area contributed by atoms with Gasteiger partial charge < -0.3 is 10.1 Å². The summed E-state index contributed by atoms with van der Waals surface area (Å²) in [5.41, 5.74) is 1.50. The van der Waals surface area contributed by atoms with Crippen LogP contribution in [0.15, 0.2) is 29.9 Å². The normalized spacial score (nSPS) is 30.1. The van der Waals surface area contributed by atoms with Crippen molar-refractivity contribution in [3.05, 3.63) is 35.6 Å². The monoisotopic (exact) mass is 425 g/mol. The average molecular weight is 426 g/mol. The summed E-state index contributed by atoms with van der Waals surface area (Å²) in [5, 5.41) is 5.95. The first-order chi connectivity index (χ1) is 14.5. The smallest absolute Gasteiger partial charge is 0.312 e. The Labute approximate surface area is 180 Å². The van der Waals surface area contributed by atoms with Crippen molar-refractivity contribution in [2.45, 2.75) is 63.5 Å². The van der Waals surface area contributed by atoms with Gasteiger partial charge in [-0.1, -0.05) is 0 Å². The van der Waals surface area contributed by atoms with Gasteiger partial charge in [-0.2, -0.15) is 0 Å². The molecule has 0 aliphatic heterocycles. The van der Waals surface area contributed by atoms with Crippen molar-refractivity contribution >= 4 is 23.2 Å². The van der Waals surface area contributed by atoms with Crippen LogP contribution in [0.3, 0.4) is 0 Å². The number of amides is 1. The Kier molecular flexibility index (Phi) is 5.09. The summed E-state index contributed by atoms with van der Waals surface area (Å²) in [4.78, 5) is 33.8. The highest BCUT2D eigenvalue weighted by atomic mass is 32.1. The number of aromatic nitrogens is 2. The maximum Gasteiger partial charge on any atom is 0.312 e. The third-order valence-corrected chi connectivity index (χ3v) is 7.83. The molecule has 0 saturated heterocycles. The lowest BCUT2D eigenvalue weighted by atomic mass is 9.53. The van der Waals surface area contributed by atoms with Crippen LogP contribution in [-0.4, -0.2) is 33.5 Å². The van der Waals surface area contributed by atoms with Crippen LogP contribution in [0.4, 0.5) is 0 Å². The van der Waals surface area contributed by atoms with E-state index in [1.165, 1.54) is 30.6 Å². The Hall–Kier alpha value is -2.28. The lowest BCUT2D eigenvalue weighted by molar-refractivity contribution is -0.156. The fourth-order valence-corrected chi connectivity index (χ4v) is 6.89. The lowest BCUT2D eigenvalue weighted by Gasteiger charge is -2.57. The predicted molar refractivity (Wildman–Crippen MR) is 114 cm³/mol. The largest absolute Gasteiger partial charge is 0.452 e. The molecule has 4 aliphatic rings. The molecule has 6 rings (SSSR count). The zero-order chi connectivity index (χ0) is 20.7. The Balaban J connectivity index is 1.16. The molecule has 2 heterocycles. The number of carbonyl (C=O) groups is 2. The maximum atomic E-state index is 12.8. The number of nitrogens with zero attached hydrogens (tertiary/aromatic N) is 2. The molecule has 158 valence electrons. The number of rotatable bonds is 6. The molecule has 4 fully saturated rings. The summed E-state index contributed by atoms with van der Waals surface area (Å²) in [6.07, 6.45) is 9.97. The Bertz CT molecular complexity index is 907. The molecule has 2 aromatic rings. The highest BCUT2D eigenvalue weighted by Crippen LogP contribution is 2.55. The Morgan fingerprint density at radius 2 is 1.93 bits per heavy atom. The van der Waals surface area contributed by atoms with Crippen LogP contribution in [0, 0.1) is 17.8 Å². The molecule has 1 N–H and O–H groups in total. The summed E-state index contributed by atoms with van der Waals surface area (Å²) in [5.74, 6) is 1.68. The lowest BCUT2D eigenvalue weighted by Crippen LogP contribution is -2.61. The molecule has 2 aromatic heterocycles. The van der Waals surface area contributed by atoms with Gasteiger partial charge in [0.2, 0.25) is 0 Å². The first-order valence-electron chi connectivity index (χ1n) is 10.8. The zero-order valence-corrected chi connectivity index (χ0v) is 18.0. The van der Waals surface area contributed by atoms with E-state index >= 15 is 0 Å². The maximum absolute atomic E-state index is 12.8. The number of carbonyl (C=O) groups excluding carboxylic acids is 2. The molecule has 1 atom stereocenters. The fourth-order valence-electron chi connectivity index (χ4n) is 6.08. The van der Waals surface area contributed by atoms with Gasteiger partial charge in [0.1, 0.15) is 5.01 Å². The number of hydrogen-bond acceptors (Lipinski definition) is 6. The number of ether oxygens (including phenoxy) is 1. The molecule has 6 nitrogen and oxygen atoms in total. The van der Waals surface area contributed by atoms with Gasteiger partial charge in [-0.3, -0.25) is 14.6 Å². The van der Waals surface area contributed by atoms with Gasteiger partial charge in [-0.25, -0.2) is 4.98 Å². The van der Waals surface area contributed by atoms with E-state index in [-0.39, 0.29) is 17.9 Å². The van der Waals surface area contributed by atoms with Crippen molar-refractivity contribution in [2.75, 3.05) is 0 Å². The van der Waals surface area contributed by atoms with Crippen LogP contribution < -0.4 is 5.32 Å². The van der Waals surface area contributed by atoms with Crippen LogP contribution in [-0.2, 0) is 20.7 Å². The zero-order valence-electron chi connectivity index (χ0n) is 17.2. The number of nitrogens with one attached hydrogen (secondary N) is 1. The van der Waals surface area contributed by atoms with Gasteiger partial charge in [-0.05, 0) is 75.3 Å². The summed E-state index contributed by atoms with van der Waals surface area (Å²) in [6.45, 7) is 1.66. The van der Waals surface area contributed by atoms with Crippen molar-refractivity contribution in [3.8, 4) is 10.6 Å². The topological polar surface area (TPSA) is 81.2 Å². The number of hydrogen-bond donors (Lipinski definition) is 1. The predicted octanol–water partition coefficient (Wildman–Crippen LogP) is 3.76. The molecule has 30 heavy (non-hydrogen) atoms. The average Bonchev–Trinajstić information content (AvgIpc) is 3.15. The number of pyridine rings is 1. The number of esters is 1. The highest BCUT2D eigenvalue weighted by Gasteiger charge is 2.51. The van der Waals surface area contributed by atoms with Gasteiger partial charge >= 0.3 is 5.97 Å². The minimum absolute atomic E-state index is 0.0613. The van der Waals surface area contributed by atoms with Crippen molar-refractivity contribution in [3.63, 3.8) is 0 Å². The fraction of sp³-hybridized carbons (Fsp3) is 0.565. The number of thiazole rings is 1. The van der Waals surface area contributed by atoms with E-state index in [4.69, 9.17) is 4.74 Å². The molecular weight excluding hydrogens is 398 g/mol. The quantitative estimate of drug-likeness (QED) is 0.713. The third kappa shape index (κ3) is 4.00. The van der Waals surface area contributed by atoms with Crippen LogP contribution >= 0.6 is 11.3 Å². The molecule has 4 aliphatic carbocycles. The van der Waals surface area contributed by atoms with Crippen LogP contribution in [0.2, 0.25) is 0 Å². The summed E-state index contributed by atoms with van der Waals surface area (Å²) >= 11 is 1.47. The molecule has 4 bridgehead atoms. The SMILES string of the molecule is C[C@H](OC(=O)Cc1csc(-c2cccnc2)n1)C(=O)NC12CC3CC(CC(C3)C1)C2. The van der Waals surface area contributed by atoms with E-state index in [1.807, 2.05) is 17.5 Å². The first kappa shape index (κ1) is 19.7. The summed E-state index contributed by atoms with van der Waals surface area (Å²) in [6, 6.07) is 3.79. The van der Waals surface area contributed by atoms with Crippen molar-refractivity contribution < 1.29 is 14.3 Å². The van der Waals surface area contributed by atoms with Crippen molar-refractivity contribution in [1.82, 2.24) is 15.3 Å². The highest BCUT2D eigenvalue weighted by molar-refractivity contribution is 7.13. The summed E-state index contributed by atoms with van der Waals surface area (Å²) < 4.78 is 5.45. The molecular formula is C23H27N3O3S. The molecule has 7 heteroatoms. The van der Waals surface area contributed by atoms with E-state index in [1.54, 1.807) is 19.3 Å². The molecule has 0 radical (unpaired) electrons. The Morgan fingerprint density at radius 1 is 1.23 bits per heavy atom. The molecule has 1 amide bonds. The van der Waals surface area contributed by atoms with Gasteiger partial charge in [0, 0.05) is 28.9 Å². The Morgan fingerprint density at radius 3 is 2.57 bits per heavy atom. The minimum atomic E-state index is -0.790. The second-order valence-electron chi connectivity index (χ2n) is 9.38. The van der Waals surface area contributed by atoms with Gasteiger partial charge in [0.15, 0.2) is 6.10 Å². The van der Waals surface area contributed by atoms with E-state index in [2.05, 4.69) is 15.3 Å². The molecule has 4 saturated carbocycles. The summed E-state index contributed by atoms with van der Waals surface area (Å²) in [7, 11) is 0. The van der Waals surface area contributed by atoms with Crippen molar-refractivity contribution in [2.24, 2.45) is 17.8 Å². The van der Waals surface area contributed by atoms with Crippen molar-refractivity contribution in [1.29, 1.82) is 0 Å². The van der Waals surface area contributed by atoms with E-state index < -0.39 is 12.1 Å². The molecule has 0 aromatic carbocycles. The van der Waals surface area contributed by atoms with Gasteiger partial charge in [0.05, 0.1) is 12.1 Å². The van der Waals surface area contributed by atoms with E-state index in [9.17, 15) is 9.59 Å².